The molecule has 3 amide bonds. The van der Waals surface area contributed by atoms with Crippen LogP contribution in [0.15, 0.2) is 85.2 Å². The Morgan fingerprint density at radius 3 is 2.44 bits per heavy atom. The molecule has 5 aromatic rings. The molecule has 10 heteroatoms. The van der Waals surface area contributed by atoms with Crippen LogP contribution < -0.4 is 20.7 Å². The first-order chi connectivity index (χ1) is 18.8. The van der Waals surface area contributed by atoms with E-state index in [1.807, 2.05) is 36.4 Å². The van der Waals surface area contributed by atoms with Gasteiger partial charge in [0.2, 0.25) is 5.91 Å². The number of hydrogen-bond acceptors (Lipinski definition) is 6. The van der Waals surface area contributed by atoms with Crippen molar-refractivity contribution in [2.24, 2.45) is 0 Å². The first-order valence-corrected chi connectivity index (χ1v) is 12.4. The van der Waals surface area contributed by atoms with Crippen molar-refractivity contribution < 1.29 is 14.3 Å². The Bertz CT molecular complexity index is 1640. The SMILES string of the molecule is CC(=O)Nc1cc(Oc2ccc(NC(=O)Nc3cc(C(C)C)nn3-c3ccc4ncccc4c3)cc2)ccn1. The number of hydrogen-bond donors (Lipinski definition) is 3. The summed E-state index contributed by atoms with van der Waals surface area (Å²) in [6.45, 7) is 5.52. The van der Waals surface area contributed by atoms with E-state index < -0.39 is 6.03 Å². The molecule has 0 saturated carbocycles. The molecule has 39 heavy (non-hydrogen) atoms. The second kappa shape index (κ2) is 11.0. The molecular weight excluding hydrogens is 494 g/mol. The summed E-state index contributed by atoms with van der Waals surface area (Å²) >= 11 is 0. The van der Waals surface area contributed by atoms with E-state index in [-0.39, 0.29) is 11.8 Å². The summed E-state index contributed by atoms with van der Waals surface area (Å²) in [4.78, 5) is 32.6. The van der Waals surface area contributed by atoms with E-state index in [9.17, 15) is 9.59 Å². The molecule has 5 rings (SSSR count). The zero-order valence-corrected chi connectivity index (χ0v) is 21.7. The lowest BCUT2D eigenvalue weighted by Crippen LogP contribution is -2.21. The zero-order chi connectivity index (χ0) is 27.4. The summed E-state index contributed by atoms with van der Waals surface area (Å²) in [5.74, 6) is 1.99. The predicted octanol–water partition coefficient (Wildman–Crippen LogP) is 6.33. The number of carbonyl (C=O) groups excluding carboxylic acids is 2. The molecule has 2 aromatic carbocycles. The fourth-order valence-electron chi connectivity index (χ4n) is 3.91. The minimum absolute atomic E-state index is 0.180. The van der Waals surface area contributed by atoms with Gasteiger partial charge in [-0.1, -0.05) is 19.9 Å². The lowest BCUT2D eigenvalue weighted by molar-refractivity contribution is -0.114. The second-order valence-corrected chi connectivity index (χ2v) is 9.16. The Kier molecular flexibility index (Phi) is 7.17. The molecule has 0 unspecified atom stereocenters. The number of amides is 3. The van der Waals surface area contributed by atoms with Crippen LogP contribution in [0.1, 0.15) is 32.4 Å². The van der Waals surface area contributed by atoms with E-state index >= 15 is 0 Å². The summed E-state index contributed by atoms with van der Waals surface area (Å²) in [7, 11) is 0. The average molecular weight is 522 g/mol. The van der Waals surface area contributed by atoms with Crippen LogP contribution in [0.5, 0.6) is 11.5 Å². The van der Waals surface area contributed by atoms with Gasteiger partial charge in [0.25, 0.3) is 0 Å². The van der Waals surface area contributed by atoms with Gasteiger partial charge in [-0.3, -0.25) is 15.1 Å². The largest absolute Gasteiger partial charge is 0.457 e. The summed E-state index contributed by atoms with van der Waals surface area (Å²) in [5, 5.41) is 14.1. The van der Waals surface area contributed by atoms with Crippen molar-refractivity contribution >= 4 is 40.2 Å². The molecule has 3 heterocycles. The summed E-state index contributed by atoms with van der Waals surface area (Å²) in [6, 6.07) is 21.4. The number of benzene rings is 2. The first kappa shape index (κ1) is 25.4. The van der Waals surface area contributed by atoms with Crippen LogP contribution >= 0.6 is 0 Å². The van der Waals surface area contributed by atoms with Crippen molar-refractivity contribution in [3.05, 3.63) is 90.9 Å². The monoisotopic (exact) mass is 521 g/mol. The highest BCUT2D eigenvalue weighted by atomic mass is 16.5. The molecule has 0 saturated heterocycles. The maximum absolute atomic E-state index is 12.9. The van der Waals surface area contributed by atoms with Gasteiger partial charge in [0, 0.05) is 42.5 Å². The number of nitrogens with zero attached hydrogens (tertiary/aromatic N) is 4. The number of fused-ring (bicyclic) bond motifs is 1. The van der Waals surface area contributed by atoms with Crippen molar-refractivity contribution in [3.63, 3.8) is 0 Å². The molecule has 10 nitrogen and oxygen atoms in total. The normalized spacial score (nSPS) is 10.9. The highest BCUT2D eigenvalue weighted by Crippen LogP contribution is 2.26. The van der Waals surface area contributed by atoms with Crippen LogP contribution in [0.3, 0.4) is 0 Å². The Hall–Kier alpha value is -5.25. The van der Waals surface area contributed by atoms with Crippen molar-refractivity contribution in [3.8, 4) is 17.2 Å². The smallest absolute Gasteiger partial charge is 0.324 e. The fraction of sp³-hybridized carbons (Fsp3) is 0.138. The molecule has 0 bridgehead atoms. The van der Waals surface area contributed by atoms with Crippen molar-refractivity contribution in [2.75, 3.05) is 16.0 Å². The van der Waals surface area contributed by atoms with Crippen LogP contribution in [0, 0.1) is 0 Å². The van der Waals surface area contributed by atoms with E-state index in [0.717, 1.165) is 22.3 Å². The maximum atomic E-state index is 12.9. The number of nitrogens with one attached hydrogen (secondary N) is 3. The van der Waals surface area contributed by atoms with Gasteiger partial charge < -0.3 is 15.4 Å². The topological polar surface area (TPSA) is 123 Å². The quantitative estimate of drug-likeness (QED) is 0.230. The second-order valence-electron chi connectivity index (χ2n) is 9.16. The van der Waals surface area contributed by atoms with Crippen LogP contribution in [0.25, 0.3) is 16.6 Å². The van der Waals surface area contributed by atoms with E-state index in [1.54, 1.807) is 53.5 Å². The third kappa shape index (κ3) is 6.19. The molecule has 0 aliphatic rings. The highest BCUT2D eigenvalue weighted by Gasteiger charge is 2.15. The molecule has 3 N–H and O–H groups in total. The van der Waals surface area contributed by atoms with Crippen LogP contribution in [0.2, 0.25) is 0 Å². The number of pyridine rings is 2. The average Bonchev–Trinajstić information content (AvgIpc) is 3.33. The number of carbonyl (C=O) groups is 2. The van der Waals surface area contributed by atoms with Crippen molar-refractivity contribution in [1.82, 2.24) is 19.7 Å². The van der Waals surface area contributed by atoms with Gasteiger partial charge in [-0.2, -0.15) is 5.10 Å². The standard InChI is InChI=1S/C29H27N7O3/c1-18(2)26-17-28(36(35-26)22-8-11-25-20(15-22)5-4-13-30-25)34-29(38)33-21-6-9-23(10-7-21)39-24-12-14-31-27(16-24)32-19(3)37/h4-18H,1-3H3,(H,31,32,37)(H2,33,34,38). The molecule has 0 radical (unpaired) electrons. The molecule has 0 aliphatic heterocycles. The molecule has 0 aliphatic carbocycles. The maximum Gasteiger partial charge on any atom is 0.324 e. The number of ether oxygens (including phenoxy) is 1. The van der Waals surface area contributed by atoms with Gasteiger partial charge in [0.15, 0.2) is 0 Å². The Balaban J connectivity index is 1.29. The minimum atomic E-state index is -0.406. The van der Waals surface area contributed by atoms with Crippen molar-refractivity contribution in [2.45, 2.75) is 26.7 Å². The first-order valence-electron chi connectivity index (χ1n) is 12.4. The predicted molar refractivity (Wildman–Crippen MR) is 151 cm³/mol. The van der Waals surface area contributed by atoms with Crippen molar-refractivity contribution in [1.29, 1.82) is 0 Å². The third-order valence-electron chi connectivity index (χ3n) is 5.78. The number of rotatable bonds is 7. The highest BCUT2D eigenvalue weighted by molar-refractivity contribution is 5.99. The molecule has 0 spiro atoms. The van der Waals surface area contributed by atoms with Gasteiger partial charge in [-0.15, -0.1) is 0 Å². The van der Waals surface area contributed by atoms with Crippen LogP contribution in [-0.2, 0) is 4.79 Å². The van der Waals surface area contributed by atoms with E-state index in [2.05, 4.69) is 39.8 Å². The molecule has 0 atom stereocenters. The van der Waals surface area contributed by atoms with E-state index in [0.29, 0.717) is 28.8 Å². The fourth-order valence-corrected chi connectivity index (χ4v) is 3.91. The Labute approximate surface area is 225 Å². The summed E-state index contributed by atoms with van der Waals surface area (Å²) in [6.07, 6.45) is 3.30. The Morgan fingerprint density at radius 1 is 0.846 bits per heavy atom. The van der Waals surface area contributed by atoms with E-state index in [1.165, 1.54) is 6.92 Å². The third-order valence-corrected chi connectivity index (χ3v) is 5.78. The molecule has 3 aromatic heterocycles. The number of anilines is 3. The van der Waals surface area contributed by atoms with Gasteiger partial charge in [-0.25, -0.2) is 14.5 Å². The summed E-state index contributed by atoms with van der Waals surface area (Å²) in [5.41, 5.74) is 3.14. The number of aromatic nitrogens is 4. The van der Waals surface area contributed by atoms with Gasteiger partial charge in [-0.05, 0) is 60.5 Å². The number of urea groups is 1. The van der Waals surface area contributed by atoms with Gasteiger partial charge >= 0.3 is 6.03 Å². The Morgan fingerprint density at radius 2 is 1.67 bits per heavy atom. The molecular formula is C29H27N7O3. The van der Waals surface area contributed by atoms with Crippen LogP contribution in [-0.4, -0.2) is 31.7 Å². The minimum Gasteiger partial charge on any atom is -0.457 e. The lowest BCUT2D eigenvalue weighted by Gasteiger charge is -2.11. The van der Waals surface area contributed by atoms with Gasteiger partial charge in [0.1, 0.15) is 23.1 Å². The van der Waals surface area contributed by atoms with Crippen LogP contribution in [0.4, 0.5) is 22.1 Å². The van der Waals surface area contributed by atoms with Gasteiger partial charge in [0.05, 0.1) is 16.9 Å². The summed E-state index contributed by atoms with van der Waals surface area (Å²) < 4.78 is 7.57. The zero-order valence-electron chi connectivity index (χ0n) is 21.7. The molecule has 0 fully saturated rings. The van der Waals surface area contributed by atoms with E-state index in [4.69, 9.17) is 9.84 Å². The lowest BCUT2D eigenvalue weighted by atomic mass is 10.1. The molecule has 196 valence electrons.